The largest absolute Gasteiger partial charge is 0.386 e. The summed E-state index contributed by atoms with van der Waals surface area (Å²) in [5.41, 5.74) is 0.373. The lowest BCUT2D eigenvalue weighted by Gasteiger charge is -2.04. The van der Waals surface area contributed by atoms with Crippen molar-refractivity contribution in [2.75, 3.05) is 0 Å². The van der Waals surface area contributed by atoms with Crippen molar-refractivity contribution in [3.8, 4) is 0 Å². The van der Waals surface area contributed by atoms with E-state index in [-0.39, 0.29) is 0 Å². The molecule has 0 radical (unpaired) electrons. The molecule has 84 valence electrons. The molecule has 0 bridgehead atoms. The van der Waals surface area contributed by atoms with Gasteiger partial charge < -0.3 is 4.74 Å². The summed E-state index contributed by atoms with van der Waals surface area (Å²) in [6.45, 7) is 3.24. The smallest absolute Gasteiger partial charge is 0.346 e. The molecule has 3 heteroatoms. The van der Waals surface area contributed by atoms with E-state index in [2.05, 4.69) is 11.3 Å². The summed E-state index contributed by atoms with van der Waals surface area (Å²) < 4.78 is 4.60. The number of ether oxygens (including phenoxy) is 1. The minimum Gasteiger partial charge on any atom is -0.386 e. The third-order valence-corrected chi connectivity index (χ3v) is 2.37. The monoisotopic (exact) mass is 226 g/mol. The van der Waals surface area contributed by atoms with Gasteiger partial charge in [0.2, 0.25) is 0 Å². The van der Waals surface area contributed by atoms with Gasteiger partial charge in [-0.2, -0.15) is 0 Å². The Hall–Kier alpha value is -2.42. The molecule has 0 saturated heterocycles. The van der Waals surface area contributed by atoms with Gasteiger partial charge in [-0.05, 0) is 16.8 Å². The first kappa shape index (κ1) is 11.1. The van der Waals surface area contributed by atoms with Crippen LogP contribution >= 0.6 is 0 Å². The van der Waals surface area contributed by atoms with Crippen molar-refractivity contribution in [1.82, 2.24) is 0 Å². The molecule has 0 saturated carbocycles. The van der Waals surface area contributed by atoms with Crippen LogP contribution in [0.2, 0.25) is 0 Å². The second-order valence-corrected chi connectivity index (χ2v) is 3.44. The molecule has 2 aromatic rings. The third-order valence-electron chi connectivity index (χ3n) is 2.37. The summed E-state index contributed by atoms with van der Waals surface area (Å²) in [6.07, 6.45) is 0.961. The number of rotatable bonds is 2. The zero-order chi connectivity index (χ0) is 12.3. The molecule has 2 rings (SSSR count). The standard InChI is InChI=1S/C14H10O3/c1-2-13(15)17-14(16)12-9-5-7-10-6-3-4-8-11(10)12/h2-9H,1H2. The maximum Gasteiger partial charge on any atom is 0.346 e. The molecule has 0 fully saturated rings. The number of esters is 2. The van der Waals surface area contributed by atoms with Gasteiger partial charge >= 0.3 is 11.9 Å². The lowest BCUT2D eigenvalue weighted by molar-refractivity contribution is -0.132. The molecular weight excluding hydrogens is 216 g/mol. The molecule has 0 heterocycles. The van der Waals surface area contributed by atoms with E-state index in [9.17, 15) is 9.59 Å². The number of hydrogen-bond donors (Lipinski definition) is 0. The Bertz CT molecular complexity index is 594. The Morgan fingerprint density at radius 1 is 1.06 bits per heavy atom. The quantitative estimate of drug-likeness (QED) is 0.449. The Labute approximate surface area is 98.3 Å². The molecule has 0 amide bonds. The minimum atomic E-state index is -0.747. The Morgan fingerprint density at radius 2 is 1.76 bits per heavy atom. The maximum atomic E-state index is 11.7. The van der Waals surface area contributed by atoms with E-state index < -0.39 is 11.9 Å². The molecule has 0 unspecified atom stereocenters. The van der Waals surface area contributed by atoms with Gasteiger partial charge in [-0.25, -0.2) is 9.59 Å². The highest BCUT2D eigenvalue weighted by Gasteiger charge is 2.13. The van der Waals surface area contributed by atoms with E-state index in [4.69, 9.17) is 0 Å². The molecule has 0 aliphatic carbocycles. The second kappa shape index (κ2) is 4.61. The molecular formula is C14H10O3. The normalized spacial score (nSPS) is 9.88. The van der Waals surface area contributed by atoms with Crippen LogP contribution in [-0.4, -0.2) is 11.9 Å². The van der Waals surface area contributed by atoms with Gasteiger partial charge in [0, 0.05) is 6.08 Å². The van der Waals surface area contributed by atoms with Gasteiger partial charge in [-0.3, -0.25) is 0 Å². The fourth-order valence-corrected chi connectivity index (χ4v) is 1.59. The third kappa shape index (κ3) is 2.23. The highest BCUT2D eigenvalue weighted by Crippen LogP contribution is 2.19. The Balaban J connectivity index is 2.45. The van der Waals surface area contributed by atoms with Crippen molar-refractivity contribution < 1.29 is 14.3 Å². The van der Waals surface area contributed by atoms with Gasteiger partial charge in [0.15, 0.2) is 0 Å². The van der Waals surface area contributed by atoms with Crippen molar-refractivity contribution in [2.45, 2.75) is 0 Å². The zero-order valence-corrected chi connectivity index (χ0v) is 9.05. The molecule has 0 spiro atoms. The van der Waals surface area contributed by atoms with E-state index in [1.165, 1.54) is 0 Å². The molecule has 0 aliphatic heterocycles. The number of carbonyl (C=O) groups is 2. The van der Waals surface area contributed by atoms with Crippen molar-refractivity contribution in [3.63, 3.8) is 0 Å². The number of fused-ring (bicyclic) bond motifs is 1. The lowest BCUT2D eigenvalue weighted by Crippen LogP contribution is -2.10. The molecule has 0 aliphatic rings. The van der Waals surface area contributed by atoms with E-state index in [0.29, 0.717) is 5.56 Å². The van der Waals surface area contributed by atoms with Crippen LogP contribution < -0.4 is 0 Å². The summed E-state index contributed by atoms with van der Waals surface area (Å²) >= 11 is 0. The molecule has 0 aromatic heterocycles. The van der Waals surface area contributed by atoms with E-state index >= 15 is 0 Å². The number of benzene rings is 2. The van der Waals surface area contributed by atoms with Crippen LogP contribution in [-0.2, 0) is 9.53 Å². The van der Waals surface area contributed by atoms with Crippen molar-refractivity contribution in [2.24, 2.45) is 0 Å². The first-order valence-corrected chi connectivity index (χ1v) is 5.08. The number of carbonyl (C=O) groups excluding carboxylic acids is 2. The second-order valence-electron chi connectivity index (χ2n) is 3.44. The summed E-state index contributed by atoms with van der Waals surface area (Å²) in [4.78, 5) is 22.7. The average molecular weight is 226 g/mol. The summed E-state index contributed by atoms with van der Waals surface area (Å²) in [6, 6.07) is 12.7. The molecule has 0 atom stereocenters. The minimum absolute atomic E-state index is 0.373. The fourth-order valence-electron chi connectivity index (χ4n) is 1.59. The lowest BCUT2D eigenvalue weighted by atomic mass is 10.1. The van der Waals surface area contributed by atoms with Crippen LogP contribution in [0.25, 0.3) is 10.8 Å². The van der Waals surface area contributed by atoms with Crippen molar-refractivity contribution in [1.29, 1.82) is 0 Å². The molecule has 0 N–H and O–H groups in total. The van der Waals surface area contributed by atoms with Gasteiger partial charge in [0.25, 0.3) is 0 Å². The molecule has 2 aromatic carbocycles. The highest BCUT2D eigenvalue weighted by molar-refractivity contribution is 6.08. The van der Waals surface area contributed by atoms with E-state index in [1.54, 1.807) is 12.1 Å². The zero-order valence-electron chi connectivity index (χ0n) is 9.05. The first-order valence-electron chi connectivity index (χ1n) is 5.08. The van der Waals surface area contributed by atoms with Crippen LogP contribution in [0.15, 0.2) is 55.1 Å². The van der Waals surface area contributed by atoms with E-state index in [1.807, 2.05) is 30.3 Å². The van der Waals surface area contributed by atoms with Gasteiger partial charge in [0.05, 0.1) is 5.56 Å². The highest BCUT2D eigenvalue weighted by atomic mass is 16.6. The molecule has 17 heavy (non-hydrogen) atoms. The Morgan fingerprint density at radius 3 is 2.53 bits per heavy atom. The van der Waals surface area contributed by atoms with Crippen LogP contribution in [0.4, 0.5) is 0 Å². The molecule has 3 nitrogen and oxygen atoms in total. The van der Waals surface area contributed by atoms with E-state index in [0.717, 1.165) is 16.8 Å². The van der Waals surface area contributed by atoms with Crippen molar-refractivity contribution >= 4 is 22.7 Å². The predicted molar refractivity (Wildman–Crippen MR) is 64.6 cm³/mol. The number of hydrogen-bond acceptors (Lipinski definition) is 3. The van der Waals surface area contributed by atoms with Crippen LogP contribution in [0.3, 0.4) is 0 Å². The fraction of sp³-hybridized carbons (Fsp3) is 0. The van der Waals surface area contributed by atoms with Crippen LogP contribution in [0.1, 0.15) is 10.4 Å². The van der Waals surface area contributed by atoms with Crippen LogP contribution in [0.5, 0.6) is 0 Å². The SMILES string of the molecule is C=CC(=O)OC(=O)c1cccc2ccccc12. The van der Waals surface area contributed by atoms with Crippen molar-refractivity contribution in [3.05, 3.63) is 60.7 Å². The van der Waals surface area contributed by atoms with Gasteiger partial charge in [-0.1, -0.05) is 43.0 Å². The summed E-state index contributed by atoms with van der Waals surface area (Å²) in [5.74, 6) is -1.41. The summed E-state index contributed by atoms with van der Waals surface area (Å²) in [5, 5.41) is 1.69. The topological polar surface area (TPSA) is 43.4 Å². The van der Waals surface area contributed by atoms with Gasteiger partial charge in [0.1, 0.15) is 0 Å². The van der Waals surface area contributed by atoms with Gasteiger partial charge in [-0.15, -0.1) is 0 Å². The summed E-state index contributed by atoms with van der Waals surface area (Å²) in [7, 11) is 0. The maximum absolute atomic E-state index is 11.7. The first-order chi connectivity index (χ1) is 8.22. The average Bonchev–Trinajstić information content (AvgIpc) is 2.37. The Kier molecular flexibility index (Phi) is 3.01. The van der Waals surface area contributed by atoms with Crippen LogP contribution in [0, 0.1) is 0 Å². The predicted octanol–water partition coefficient (Wildman–Crippen LogP) is 2.71.